The molecule has 0 unspecified atom stereocenters. The summed E-state index contributed by atoms with van der Waals surface area (Å²) in [5.41, 5.74) is 3.57. The van der Waals surface area contributed by atoms with Crippen LogP contribution in [-0.4, -0.2) is 19.2 Å². The number of primary sulfonamides is 1. The first kappa shape index (κ1) is 23.0. The third kappa shape index (κ3) is 5.08. The summed E-state index contributed by atoms with van der Waals surface area (Å²) in [7, 11) is -4.05. The molecular weight excluding hydrogens is 465 g/mol. The van der Waals surface area contributed by atoms with Gasteiger partial charge in [0.1, 0.15) is 5.82 Å². The maximum absolute atomic E-state index is 13.3. The van der Waals surface area contributed by atoms with E-state index < -0.39 is 10.0 Å². The maximum atomic E-state index is 13.3. The molecule has 33 heavy (non-hydrogen) atoms. The van der Waals surface area contributed by atoms with Crippen molar-refractivity contribution in [1.29, 1.82) is 0 Å². The highest BCUT2D eigenvalue weighted by Gasteiger charge is 2.28. The summed E-state index contributed by atoms with van der Waals surface area (Å²) in [6.07, 6.45) is 0.0367. The summed E-state index contributed by atoms with van der Waals surface area (Å²) in [6.45, 7) is 4.71. The van der Waals surface area contributed by atoms with Crippen molar-refractivity contribution in [2.75, 3.05) is 5.32 Å². The van der Waals surface area contributed by atoms with Gasteiger partial charge < -0.3 is 10.2 Å². The molecule has 3 aromatic rings. The topological polar surface area (TPSA) is 92.5 Å². The Morgan fingerprint density at radius 1 is 1.12 bits per heavy atom. The number of nitrogens with zero attached hydrogens (tertiary/aromatic N) is 1. The van der Waals surface area contributed by atoms with Crippen LogP contribution in [0, 0.1) is 5.82 Å². The Labute approximate surface area is 196 Å². The van der Waals surface area contributed by atoms with Crippen molar-refractivity contribution in [2.45, 2.75) is 24.4 Å². The van der Waals surface area contributed by atoms with Gasteiger partial charge in [0.25, 0.3) is 0 Å². The first-order valence-corrected chi connectivity index (χ1v) is 12.0. The highest BCUT2D eigenvalue weighted by atomic mass is 35.5. The molecule has 0 bridgehead atoms. The van der Waals surface area contributed by atoms with Crippen molar-refractivity contribution < 1.29 is 17.6 Å². The Balaban J connectivity index is 1.60. The van der Waals surface area contributed by atoms with Gasteiger partial charge in [-0.3, -0.25) is 4.79 Å². The number of rotatable bonds is 6. The smallest absolute Gasteiger partial charge is 0.238 e. The monoisotopic (exact) mass is 485 g/mol. The van der Waals surface area contributed by atoms with E-state index in [9.17, 15) is 17.6 Å². The molecule has 1 aliphatic rings. The van der Waals surface area contributed by atoms with Crippen LogP contribution in [0.5, 0.6) is 0 Å². The molecule has 3 N–H and O–H groups in total. The van der Waals surface area contributed by atoms with Crippen molar-refractivity contribution in [3.8, 4) is 0 Å². The lowest BCUT2D eigenvalue weighted by molar-refractivity contribution is -0.115. The SMILES string of the molecule is C=C(c1ccc(F)cc1)N1Cc2cc(NC(=O)Cc3ccccc3Cl)cc(S(N)(=O)=O)c2C1. The number of anilines is 1. The zero-order valence-corrected chi connectivity index (χ0v) is 19.1. The standard InChI is InChI=1S/C24H21ClFN3O3S/c1-15(16-6-8-19(26)9-7-16)29-13-18-10-20(12-23(21(18)14-29)33(27,31)32)28-24(30)11-17-4-2-3-5-22(17)25/h2-10,12H,1,11,13-14H2,(H,28,30)(H2,27,31,32). The van der Waals surface area contributed by atoms with E-state index in [-0.39, 0.29) is 29.6 Å². The van der Waals surface area contributed by atoms with Crippen LogP contribution in [0.3, 0.4) is 0 Å². The molecule has 0 saturated heterocycles. The maximum Gasteiger partial charge on any atom is 0.238 e. The summed E-state index contributed by atoms with van der Waals surface area (Å²) in [5.74, 6) is -0.695. The van der Waals surface area contributed by atoms with Crippen LogP contribution in [0.4, 0.5) is 10.1 Å². The summed E-state index contributed by atoms with van der Waals surface area (Å²) in [5, 5.41) is 8.70. The molecule has 3 aromatic carbocycles. The lowest BCUT2D eigenvalue weighted by Crippen LogP contribution is -2.18. The Hall–Kier alpha value is -3.20. The van der Waals surface area contributed by atoms with E-state index in [1.54, 1.807) is 42.5 Å². The number of amides is 1. The first-order valence-electron chi connectivity index (χ1n) is 10.0. The third-order valence-corrected chi connectivity index (χ3v) is 6.82. The predicted octanol–water partition coefficient (Wildman–Crippen LogP) is 4.29. The first-order chi connectivity index (χ1) is 15.6. The molecular formula is C24H21ClFN3O3S. The van der Waals surface area contributed by atoms with Crippen molar-refractivity contribution in [1.82, 2.24) is 4.90 Å². The summed E-state index contributed by atoms with van der Waals surface area (Å²) in [4.78, 5) is 14.4. The van der Waals surface area contributed by atoms with Gasteiger partial charge in [-0.15, -0.1) is 0 Å². The second kappa shape index (κ2) is 8.97. The van der Waals surface area contributed by atoms with Crippen LogP contribution in [0.25, 0.3) is 5.70 Å². The largest absolute Gasteiger partial charge is 0.363 e. The Kier molecular flexibility index (Phi) is 6.25. The number of halogens is 2. The van der Waals surface area contributed by atoms with Gasteiger partial charge in [0.05, 0.1) is 11.3 Å². The minimum absolute atomic E-state index is 0.0367. The summed E-state index contributed by atoms with van der Waals surface area (Å²) >= 11 is 6.13. The van der Waals surface area contributed by atoms with E-state index in [2.05, 4.69) is 11.9 Å². The number of carbonyl (C=O) groups is 1. The number of carbonyl (C=O) groups excluding carboxylic acids is 1. The Morgan fingerprint density at radius 2 is 1.82 bits per heavy atom. The average Bonchev–Trinajstić information content (AvgIpc) is 3.18. The highest BCUT2D eigenvalue weighted by molar-refractivity contribution is 7.89. The molecule has 170 valence electrons. The van der Waals surface area contributed by atoms with Crippen molar-refractivity contribution >= 4 is 38.9 Å². The molecule has 0 spiro atoms. The second-order valence-corrected chi connectivity index (χ2v) is 9.72. The van der Waals surface area contributed by atoms with Gasteiger partial charge in [-0.1, -0.05) is 48.5 Å². The van der Waals surface area contributed by atoms with Crippen LogP contribution < -0.4 is 10.5 Å². The third-order valence-electron chi connectivity index (χ3n) is 5.47. The molecule has 6 nitrogen and oxygen atoms in total. The molecule has 1 amide bonds. The van der Waals surface area contributed by atoms with Gasteiger partial charge >= 0.3 is 0 Å². The van der Waals surface area contributed by atoms with Crippen molar-refractivity contribution in [3.63, 3.8) is 0 Å². The summed E-state index contributed by atoms with van der Waals surface area (Å²) < 4.78 is 37.9. The van der Waals surface area contributed by atoms with Gasteiger partial charge in [-0.05, 0) is 52.6 Å². The number of hydrogen-bond acceptors (Lipinski definition) is 4. The zero-order chi connectivity index (χ0) is 23.8. The molecule has 0 fully saturated rings. The van der Waals surface area contributed by atoms with E-state index in [1.807, 2.05) is 4.90 Å². The minimum Gasteiger partial charge on any atom is -0.363 e. The van der Waals surface area contributed by atoms with Crippen LogP contribution in [0.15, 0.2) is 72.1 Å². The molecule has 0 saturated carbocycles. The predicted molar refractivity (Wildman–Crippen MR) is 126 cm³/mol. The van der Waals surface area contributed by atoms with E-state index in [1.165, 1.54) is 18.2 Å². The molecule has 1 aliphatic heterocycles. The molecule has 0 atom stereocenters. The molecule has 9 heteroatoms. The minimum atomic E-state index is -4.05. The molecule has 1 heterocycles. The number of nitrogens with two attached hydrogens (primary N) is 1. The van der Waals surface area contributed by atoms with Crippen LogP contribution in [-0.2, 0) is 34.3 Å². The van der Waals surface area contributed by atoms with Crippen LogP contribution in [0.2, 0.25) is 5.02 Å². The lowest BCUT2D eigenvalue weighted by Gasteiger charge is -2.20. The second-order valence-electron chi connectivity index (χ2n) is 7.78. The average molecular weight is 486 g/mol. The quantitative estimate of drug-likeness (QED) is 0.544. The fourth-order valence-electron chi connectivity index (χ4n) is 3.84. The van der Waals surface area contributed by atoms with Gasteiger partial charge in [0, 0.05) is 29.5 Å². The van der Waals surface area contributed by atoms with Crippen LogP contribution >= 0.6 is 11.6 Å². The number of hydrogen-bond donors (Lipinski definition) is 2. The fraction of sp³-hybridized carbons (Fsp3) is 0.125. The van der Waals surface area contributed by atoms with Gasteiger partial charge in [-0.2, -0.15) is 0 Å². The van der Waals surface area contributed by atoms with Crippen LogP contribution in [0.1, 0.15) is 22.3 Å². The van der Waals surface area contributed by atoms with Crippen molar-refractivity contribution in [2.24, 2.45) is 5.14 Å². The molecule has 0 radical (unpaired) electrons. The van der Waals surface area contributed by atoms with E-state index in [0.29, 0.717) is 39.6 Å². The van der Waals surface area contributed by atoms with E-state index in [4.69, 9.17) is 16.7 Å². The van der Waals surface area contributed by atoms with Gasteiger partial charge in [-0.25, -0.2) is 17.9 Å². The van der Waals surface area contributed by atoms with E-state index in [0.717, 1.165) is 5.56 Å². The molecule has 0 aliphatic carbocycles. The molecule has 0 aromatic heterocycles. The zero-order valence-electron chi connectivity index (χ0n) is 17.5. The molecule has 4 rings (SSSR count). The normalized spacial score (nSPS) is 13.0. The Bertz CT molecular complexity index is 1360. The van der Waals surface area contributed by atoms with Gasteiger partial charge in [0.2, 0.25) is 15.9 Å². The van der Waals surface area contributed by atoms with Crippen molar-refractivity contribution in [3.05, 3.63) is 100 Å². The number of benzene rings is 3. The number of nitrogens with one attached hydrogen (secondary N) is 1. The number of fused-ring (bicyclic) bond motifs is 1. The Morgan fingerprint density at radius 3 is 2.48 bits per heavy atom. The summed E-state index contributed by atoms with van der Waals surface area (Å²) in [6, 6.07) is 16.0. The fourth-order valence-corrected chi connectivity index (χ4v) is 4.87. The highest BCUT2D eigenvalue weighted by Crippen LogP contribution is 2.35. The van der Waals surface area contributed by atoms with Gasteiger partial charge in [0.15, 0.2) is 0 Å². The number of sulfonamides is 1. The lowest BCUT2D eigenvalue weighted by atomic mass is 10.1. The van der Waals surface area contributed by atoms with E-state index >= 15 is 0 Å².